The van der Waals surface area contributed by atoms with E-state index < -0.39 is 11.4 Å². The molecule has 0 spiro atoms. The summed E-state index contributed by atoms with van der Waals surface area (Å²) in [5.41, 5.74) is 2.54. The molecule has 1 aromatic rings. The largest absolute Gasteiger partial charge is 0.481 e. The third-order valence-electron chi connectivity index (χ3n) is 4.07. The van der Waals surface area contributed by atoms with E-state index >= 15 is 0 Å². The second kappa shape index (κ2) is 4.45. The first-order chi connectivity index (χ1) is 8.51. The average Bonchev–Trinajstić information content (AvgIpc) is 2.79. The van der Waals surface area contributed by atoms with Crippen molar-refractivity contribution in [1.29, 1.82) is 5.26 Å². The second-order valence-electron chi connectivity index (χ2n) is 5.19. The Morgan fingerprint density at radius 2 is 1.89 bits per heavy atom. The van der Waals surface area contributed by atoms with Gasteiger partial charge in [0.05, 0.1) is 17.0 Å². The number of carbonyl (C=O) groups is 1. The zero-order valence-corrected chi connectivity index (χ0v) is 10.8. The number of rotatable bonds is 2. The first-order valence-electron chi connectivity index (χ1n) is 6.26. The number of nitrogens with zero attached hydrogens (tertiary/aromatic N) is 1. The molecule has 1 aromatic carbocycles. The predicted molar refractivity (Wildman–Crippen MR) is 68.4 cm³/mol. The molecule has 0 atom stereocenters. The quantitative estimate of drug-likeness (QED) is 0.868. The maximum absolute atomic E-state index is 11.7. The molecule has 18 heavy (non-hydrogen) atoms. The maximum Gasteiger partial charge on any atom is 0.314 e. The lowest BCUT2D eigenvalue weighted by atomic mass is 9.76. The van der Waals surface area contributed by atoms with Crippen LogP contribution in [0.3, 0.4) is 0 Å². The summed E-state index contributed by atoms with van der Waals surface area (Å²) in [5, 5.41) is 18.7. The van der Waals surface area contributed by atoms with Gasteiger partial charge in [-0.05, 0) is 49.4 Å². The highest BCUT2D eigenvalue weighted by Gasteiger charge is 2.43. The van der Waals surface area contributed by atoms with E-state index in [9.17, 15) is 9.90 Å². The normalized spacial score (nSPS) is 17.4. The smallest absolute Gasteiger partial charge is 0.314 e. The molecule has 3 nitrogen and oxygen atoms in total. The summed E-state index contributed by atoms with van der Waals surface area (Å²) in [6.45, 7) is 3.82. The number of aliphatic carboxylic acids is 1. The molecule has 1 saturated carbocycles. The van der Waals surface area contributed by atoms with Crippen molar-refractivity contribution in [2.45, 2.75) is 44.9 Å². The Labute approximate surface area is 107 Å². The van der Waals surface area contributed by atoms with Crippen LogP contribution in [0.5, 0.6) is 0 Å². The van der Waals surface area contributed by atoms with Crippen molar-refractivity contribution in [1.82, 2.24) is 0 Å². The van der Waals surface area contributed by atoms with Gasteiger partial charge in [-0.3, -0.25) is 4.79 Å². The zero-order valence-electron chi connectivity index (χ0n) is 10.8. The van der Waals surface area contributed by atoms with E-state index in [1.54, 1.807) is 6.07 Å². The van der Waals surface area contributed by atoms with E-state index in [0.29, 0.717) is 18.4 Å². The van der Waals surface area contributed by atoms with Gasteiger partial charge in [-0.15, -0.1) is 0 Å². The van der Waals surface area contributed by atoms with E-state index in [2.05, 4.69) is 6.07 Å². The number of benzene rings is 1. The minimum atomic E-state index is -0.774. The van der Waals surface area contributed by atoms with Gasteiger partial charge in [-0.25, -0.2) is 0 Å². The SMILES string of the molecule is Cc1cc(C)c(C2(C(=O)O)CCCC2)cc1C#N. The number of carboxylic acids is 1. The molecule has 2 rings (SSSR count). The van der Waals surface area contributed by atoms with Crippen LogP contribution in [0.4, 0.5) is 0 Å². The fourth-order valence-corrected chi connectivity index (χ4v) is 3.07. The number of hydrogen-bond acceptors (Lipinski definition) is 2. The Morgan fingerprint density at radius 1 is 1.28 bits per heavy atom. The van der Waals surface area contributed by atoms with Gasteiger partial charge >= 0.3 is 5.97 Å². The molecule has 0 aliphatic heterocycles. The van der Waals surface area contributed by atoms with Crippen LogP contribution < -0.4 is 0 Å². The van der Waals surface area contributed by atoms with E-state index in [-0.39, 0.29) is 0 Å². The molecule has 1 fully saturated rings. The summed E-state index contributed by atoms with van der Waals surface area (Å²) >= 11 is 0. The molecule has 1 N–H and O–H groups in total. The highest BCUT2D eigenvalue weighted by Crippen LogP contribution is 2.43. The van der Waals surface area contributed by atoms with Crippen LogP contribution in [0.15, 0.2) is 12.1 Å². The first kappa shape index (κ1) is 12.6. The maximum atomic E-state index is 11.7. The van der Waals surface area contributed by atoms with Gasteiger partial charge in [0.2, 0.25) is 0 Å². The monoisotopic (exact) mass is 243 g/mol. The Balaban J connectivity index is 2.63. The summed E-state index contributed by atoms with van der Waals surface area (Å²) in [6.07, 6.45) is 3.25. The predicted octanol–water partition coefficient (Wildman–Crippen LogP) is 3.07. The molecule has 0 bridgehead atoms. The van der Waals surface area contributed by atoms with Crippen LogP contribution in [-0.4, -0.2) is 11.1 Å². The third kappa shape index (κ3) is 1.78. The molecule has 0 unspecified atom stereocenters. The van der Waals surface area contributed by atoms with Gasteiger partial charge in [0.25, 0.3) is 0 Å². The third-order valence-corrected chi connectivity index (χ3v) is 4.07. The Morgan fingerprint density at radius 3 is 2.39 bits per heavy atom. The standard InChI is InChI=1S/C15H17NO2/c1-10-7-11(2)13(8-12(10)9-16)15(14(17)18)5-3-4-6-15/h7-8H,3-6H2,1-2H3,(H,17,18). The van der Waals surface area contributed by atoms with Gasteiger partial charge in [-0.1, -0.05) is 18.9 Å². The molecule has 1 aliphatic carbocycles. The summed E-state index contributed by atoms with van der Waals surface area (Å²) in [5.74, 6) is -0.754. The zero-order chi connectivity index (χ0) is 13.3. The lowest BCUT2D eigenvalue weighted by molar-refractivity contribution is -0.143. The van der Waals surface area contributed by atoms with Gasteiger partial charge in [0, 0.05) is 0 Å². The van der Waals surface area contributed by atoms with Crippen molar-refractivity contribution in [3.8, 4) is 6.07 Å². The number of hydrogen-bond donors (Lipinski definition) is 1. The van der Waals surface area contributed by atoms with E-state index in [0.717, 1.165) is 29.5 Å². The van der Waals surface area contributed by atoms with Crippen molar-refractivity contribution in [3.05, 3.63) is 34.4 Å². The van der Waals surface area contributed by atoms with E-state index in [1.807, 2.05) is 19.9 Å². The van der Waals surface area contributed by atoms with Crippen LogP contribution in [0.2, 0.25) is 0 Å². The molecule has 0 radical (unpaired) electrons. The Bertz CT molecular complexity index is 534. The molecule has 0 amide bonds. The summed E-state index contributed by atoms with van der Waals surface area (Å²) in [6, 6.07) is 5.86. The highest BCUT2D eigenvalue weighted by atomic mass is 16.4. The van der Waals surface area contributed by atoms with E-state index in [4.69, 9.17) is 5.26 Å². The number of nitriles is 1. The number of carboxylic acid groups (broad SMARTS) is 1. The number of aryl methyl sites for hydroxylation is 2. The van der Waals surface area contributed by atoms with Gasteiger partial charge in [0.1, 0.15) is 0 Å². The second-order valence-corrected chi connectivity index (χ2v) is 5.19. The van der Waals surface area contributed by atoms with Crippen molar-refractivity contribution in [2.75, 3.05) is 0 Å². The van der Waals surface area contributed by atoms with Gasteiger partial charge in [-0.2, -0.15) is 5.26 Å². The van der Waals surface area contributed by atoms with Crippen LogP contribution >= 0.6 is 0 Å². The Kier molecular flexibility index (Phi) is 3.13. The summed E-state index contributed by atoms with van der Waals surface area (Å²) < 4.78 is 0. The van der Waals surface area contributed by atoms with Crippen LogP contribution in [0, 0.1) is 25.2 Å². The topological polar surface area (TPSA) is 61.1 Å². The molecule has 1 aliphatic rings. The Hall–Kier alpha value is -1.82. The molecule has 0 heterocycles. The molecular formula is C15H17NO2. The lowest BCUT2D eigenvalue weighted by Gasteiger charge is -2.26. The molecule has 0 saturated heterocycles. The summed E-state index contributed by atoms with van der Waals surface area (Å²) in [4.78, 5) is 11.7. The minimum absolute atomic E-state index is 0.586. The molecule has 94 valence electrons. The van der Waals surface area contributed by atoms with Gasteiger partial charge < -0.3 is 5.11 Å². The highest BCUT2D eigenvalue weighted by molar-refractivity contribution is 5.82. The van der Waals surface area contributed by atoms with Crippen molar-refractivity contribution in [3.63, 3.8) is 0 Å². The van der Waals surface area contributed by atoms with Crippen molar-refractivity contribution < 1.29 is 9.90 Å². The molecular weight excluding hydrogens is 226 g/mol. The lowest BCUT2D eigenvalue weighted by Crippen LogP contribution is -2.33. The van der Waals surface area contributed by atoms with Crippen molar-refractivity contribution in [2.24, 2.45) is 0 Å². The van der Waals surface area contributed by atoms with Gasteiger partial charge in [0.15, 0.2) is 0 Å². The minimum Gasteiger partial charge on any atom is -0.481 e. The van der Waals surface area contributed by atoms with Crippen LogP contribution in [0.1, 0.15) is 47.9 Å². The molecule has 3 heteroatoms. The van der Waals surface area contributed by atoms with Crippen LogP contribution in [-0.2, 0) is 10.2 Å². The first-order valence-corrected chi connectivity index (χ1v) is 6.26. The summed E-state index contributed by atoms with van der Waals surface area (Å²) in [7, 11) is 0. The van der Waals surface area contributed by atoms with Crippen LogP contribution in [0.25, 0.3) is 0 Å². The fourth-order valence-electron chi connectivity index (χ4n) is 3.07. The molecule has 0 aromatic heterocycles. The fraction of sp³-hybridized carbons (Fsp3) is 0.467. The van der Waals surface area contributed by atoms with E-state index in [1.165, 1.54) is 0 Å². The average molecular weight is 243 g/mol. The van der Waals surface area contributed by atoms with Crippen molar-refractivity contribution >= 4 is 5.97 Å².